The van der Waals surface area contributed by atoms with Gasteiger partial charge < -0.3 is 15.1 Å². The van der Waals surface area contributed by atoms with E-state index in [4.69, 9.17) is 28.2 Å². The van der Waals surface area contributed by atoms with Crippen molar-refractivity contribution >= 4 is 51.9 Å². The van der Waals surface area contributed by atoms with Crippen LogP contribution in [0.1, 0.15) is 37.9 Å². The third-order valence-corrected chi connectivity index (χ3v) is 8.25. The van der Waals surface area contributed by atoms with E-state index in [1.54, 1.807) is 4.90 Å². The van der Waals surface area contributed by atoms with Gasteiger partial charge in [-0.15, -0.1) is 0 Å². The molecule has 5 rings (SSSR count). The number of nitrogens with one attached hydrogen (secondary N) is 1. The number of nitrogens with zero attached hydrogens (tertiary/aromatic N) is 3. The molecule has 3 heterocycles. The number of piperazine rings is 1. The number of halogens is 2. The number of amidine groups is 1. The molecule has 0 radical (unpaired) electrons. The minimum atomic E-state index is -0.611. The molecule has 0 aromatic heterocycles. The highest BCUT2D eigenvalue weighted by Gasteiger charge is 2.53. The lowest BCUT2D eigenvalue weighted by Crippen LogP contribution is -2.50. The maximum Gasteiger partial charge on any atom is 0.263 e. The summed E-state index contributed by atoms with van der Waals surface area (Å²) in [6.45, 7) is 7.33. The van der Waals surface area contributed by atoms with E-state index in [0.29, 0.717) is 28.0 Å². The molecule has 35 heavy (non-hydrogen) atoms. The minimum Gasteiger partial charge on any atom is -0.353 e. The molecule has 1 fully saturated rings. The van der Waals surface area contributed by atoms with Gasteiger partial charge in [-0.3, -0.25) is 9.59 Å². The lowest BCUT2D eigenvalue weighted by atomic mass is 9.81. The average molecular weight is 529 g/mol. The Kier molecular flexibility index (Phi) is 6.36. The fourth-order valence-corrected chi connectivity index (χ4v) is 6.65. The zero-order chi connectivity index (χ0) is 24.9. The van der Waals surface area contributed by atoms with Crippen LogP contribution in [0.25, 0.3) is 0 Å². The summed E-state index contributed by atoms with van der Waals surface area (Å²) in [5.74, 6) is -0.185. The summed E-state index contributed by atoms with van der Waals surface area (Å²) in [7, 11) is 0. The number of thioether (sulfide) groups is 1. The van der Waals surface area contributed by atoms with Crippen LogP contribution in [0, 0.1) is 5.92 Å². The number of fused-ring (bicyclic) bond motifs is 1. The zero-order valence-electron chi connectivity index (χ0n) is 19.7. The average Bonchev–Trinajstić information content (AvgIpc) is 3.32. The first kappa shape index (κ1) is 24.2. The SMILES string of the molecule is CC(C)C1=C(C(=O)N2CCNC(=O)C2)SC2=N[C@](C)(c3ccc(Cl)cc3)[C@@H](c3ccc(Cl)cc3)N21. The molecule has 6 nitrogen and oxygen atoms in total. The van der Waals surface area contributed by atoms with Crippen molar-refractivity contribution in [2.24, 2.45) is 10.9 Å². The molecule has 2 amide bonds. The number of amides is 2. The second-order valence-electron chi connectivity index (χ2n) is 9.42. The maximum atomic E-state index is 13.6. The first-order chi connectivity index (χ1) is 16.7. The van der Waals surface area contributed by atoms with Gasteiger partial charge in [-0.1, -0.05) is 61.3 Å². The maximum absolute atomic E-state index is 13.6. The predicted octanol–water partition coefficient (Wildman–Crippen LogP) is 5.19. The van der Waals surface area contributed by atoms with E-state index in [-0.39, 0.29) is 30.3 Å². The van der Waals surface area contributed by atoms with Crippen LogP contribution in [0.15, 0.2) is 64.1 Å². The molecular weight excluding hydrogens is 503 g/mol. The van der Waals surface area contributed by atoms with Crippen LogP contribution in [-0.4, -0.2) is 46.4 Å². The minimum absolute atomic E-state index is 0.0649. The largest absolute Gasteiger partial charge is 0.353 e. The Morgan fingerprint density at radius 3 is 2.34 bits per heavy atom. The molecule has 0 saturated carbocycles. The topological polar surface area (TPSA) is 65.0 Å². The second-order valence-corrected chi connectivity index (χ2v) is 11.3. The van der Waals surface area contributed by atoms with E-state index in [1.165, 1.54) is 11.8 Å². The monoisotopic (exact) mass is 528 g/mol. The molecule has 0 unspecified atom stereocenters. The summed E-state index contributed by atoms with van der Waals surface area (Å²) in [4.78, 5) is 35.3. The van der Waals surface area contributed by atoms with E-state index in [9.17, 15) is 9.59 Å². The molecule has 0 spiro atoms. The van der Waals surface area contributed by atoms with Gasteiger partial charge in [0.2, 0.25) is 5.91 Å². The number of aliphatic imine (C=N–C) groups is 1. The summed E-state index contributed by atoms with van der Waals surface area (Å²) < 4.78 is 0. The number of rotatable bonds is 4. The normalized spacial score (nSPS) is 24.1. The molecular formula is C26H26Cl2N4O2S. The van der Waals surface area contributed by atoms with Crippen LogP contribution in [0.4, 0.5) is 0 Å². The Morgan fingerprint density at radius 1 is 1.11 bits per heavy atom. The fraction of sp³-hybridized carbons (Fsp3) is 0.346. The molecule has 1 N–H and O–H groups in total. The lowest BCUT2D eigenvalue weighted by Gasteiger charge is -2.37. The quantitative estimate of drug-likeness (QED) is 0.592. The predicted molar refractivity (Wildman–Crippen MR) is 141 cm³/mol. The zero-order valence-corrected chi connectivity index (χ0v) is 22.0. The van der Waals surface area contributed by atoms with Crippen molar-refractivity contribution in [3.8, 4) is 0 Å². The molecule has 2 atom stereocenters. The Bertz CT molecular complexity index is 1240. The highest BCUT2D eigenvalue weighted by atomic mass is 35.5. The van der Waals surface area contributed by atoms with E-state index < -0.39 is 5.54 Å². The fourth-order valence-electron chi connectivity index (χ4n) is 5.02. The smallest absolute Gasteiger partial charge is 0.263 e. The summed E-state index contributed by atoms with van der Waals surface area (Å²) in [5, 5.41) is 4.91. The number of hydrogen-bond donors (Lipinski definition) is 1. The lowest BCUT2D eigenvalue weighted by molar-refractivity contribution is -0.135. The number of carbonyl (C=O) groups is 2. The first-order valence-electron chi connectivity index (χ1n) is 11.6. The van der Waals surface area contributed by atoms with Crippen molar-refractivity contribution in [2.45, 2.75) is 32.4 Å². The molecule has 3 aliphatic heterocycles. The van der Waals surface area contributed by atoms with Crippen molar-refractivity contribution in [3.63, 3.8) is 0 Å². The van der Waals surface area contributed by atoms with Crippen molar-refractivity contribution in [3.05, 3.63) is 80.3 Å². The molecule has 0 bridgehead atoms. The number of benzene rings is 2. The third kappa shape index (κ3) is 4.24. The van der Waals surface area contributed by atoms with Gasteiger partial charge >= 0.3 is 0 Å². The van der Waals surface area contributed by atoms with Crippen molar-refractivity contribution < 1.29 is 9.59 Å². The highest BCUT2D eigenvalue weighted by molar-refractivity contribution is 8.18. The summed E-state index contributed by atoms with van der Waals surface area (Å²) in [6, 6.07) is 15.4. The summed E-state index contributed by atoms with van der Waals surface area (Å²) in [5.41, 5.74) is 2.41. The van der Waals surface area contributed by atoms with Crippen LogP contribution in [-0.2, 0) is 15.1 Å². The van der Waals surface area contributed by atoms with Gasteiger partial charge in [0.1, 0.15) is 10.4 Å². The molecule has 182 valence electrons. The van der Waals surface area contributed by atoms with Gasteiger partial charge in [0.15, 0.2) is 5.17 Å². The van der Waals surface area contributed by atoms with E-state index in [1.807, 2.05) is 48.5 Å². The standard InChI is InChI=1S/C26H26Cl2N4O2S/c1-15(2)21-22(24(34)31-13-12-29-20(33)14-31)35-25-30-26(3,17-6-10-19(28)11-7-17)23(32(21)25)16-4-8-18(27)9-5-16/h4-11,15,23H,12-14H2,1-3H3,(H,29,33)/t23-,26-/m1/s1. The van der Waals surface area contributed by atoms with Crippen molar-refractivity contribution in [1.82, 2.24) is 15.1 Å². The second kappa shape index (κ2) is 9.19. The van der Waals surface area contributed by atoms with Crippen molar-refractivity contribution in [1.29, 1.82) is 0 Å². The molecule has 2 aromatic rings. The first-order valence-corrected chi connectivity index (χ1v) is 13.1. The molecule has 1 saturated heterocycles. The Morgan fingerprint density at radius 2 is 1.74 bits per heavy atom. The van der Waals surface area contributed by atoms with E-state index in [0.717, 1.165) is 22.0 Å². The van der Waals surface area contributed by atoms with E-state index >= 15 is 0 Å². The van der Waals surface area contributed by atoms with Crippen LogP contribution < -0.4 is 5.32 Å². The molecule has 0 aliphatic carbocycles. The van der Waals surface area contributed by atoms with Crippen LogP contribution in [0.3, 0.4) is 0 Å². The molecule has 9 heteroatoms. The van der Waals surface area contributed by atoms with Crippen LogP contribution >= 0.6 is 35.0 Å². The number of hydrogen-bond acceptors (Lipinski definition) is 5. The number of carbonyl (C=O) groups excluding carboxylic acids is 2. The van der Waals surface area contributed by atoms with Gasteiger partial charge in [0.05, 0.1) is 12.6 Å². The van der Waals surface area contributed by atoms with Gasteiger partial charge in [-0.2, -0.15) is 0 Å². The molecule has 3 aliphatic rings. The Hall–Kier alpha value is -2.48. The van der Waals surface area contributed by atoms with Gasteiger partial charge in [0.25, 0.3) is 5.91 Å². The molecule has 2 aromatic carbocycles. The van der Waals surface area contributed by atoms with Gasteiger partial charge in [-0.05, 0) is 60.0 Å². The van der Waals surface area contributed by atoms with Crippen molar-refractivity contribution in [2.75, 3.05) is 19.6 Å². The Balaban J connectivity index is 1.62. The van der Waals surface area contributed by atoms with Crippen LogP contribution in [0.2, 0.25) is 10.0 Å². The van der Waals surface area contributed by atoms with Gasteiger partial charge in [-0.25, -0.2) is 4.99 Å². The van der Waals surface area contributed by atoms with Gasteiger partial charge in [0, 0.05) is 28.8 Å². The Labute approximate surface area is 219 Å². The number of allylic oxidation sites excluding steroid dienone is 1. The highest BCUT2D eigenvalue weighted by Crippen LogP contribution is 2.56. The third-order valence-electron chi connectivity index (χ3n) is 6.69. The van der Waals surface area contributed by atoms with Crippen LogP contribution in [0.5, 0.6) is 0 Å². The summed E-state index contributed by atoms with van der Waals surface area (Å²) >= 11 is 13.8. The van der Waals surface area contributed by atoms with E-state index in [2.05, 4.69) is 31.0 Å². The summed E-state index contributed by atoms with van der Waals surface area (Å²) in [6.07, 6.45) is 0.